The summed E-state index contributed by atoms with van der Waals surface area (Å²) in [5.41, 5.74) is 9.07. The molecule has 0 saturated heterocycles. The van der Waals surface area contributed by atoms with Gasteiger partial charge >= 0.3 is 0 Å². The van der Waals surface area contributed by atoms with E-state index in [0.29, 0.717) is 6.04 Å². The highest BCUT2D eigenvalue weighted by Crippen LogP contribution is 2.26. The fraction of sp³-hybridized carbons (Fsp3) is 0.455. The predicted molar refractivity (Wildman–Crippen MR) is 56.9 cm³/mol. The molecule has 0 heterocycles. The molecule has 3 N–H and O–H groups in total. The molecule has 1 fully saturated rings. The third-order valence-electron chi connectivity index (χ3n) is 2.67. The van der Waals surface area contributed by atoms with Gasteiger partial charge in [0.05, 0.1) is 11.4 Å². The van der Waals surface area contributed by atoms with Crippen LogP contribution in [-0.4, -0.2) is 6.04 Å². The zero-order valence-corrected chi connectivity index (χ0v) is 8.01. The number of hydrogen-bond acceptors (Lipinski definition) is 2. The second-order valence-corrected chi connectivity index (χ2v) is 3.86. The number of nitrogens with two attached hydrogens (primary N) is 1. The van der Waals surface area contributed by atoms with E-state index in [9.17, 15) is 0 Å². The van der Waals surface area contributed by atoms with Crippen molar-refractivity contribution < 1.29 is 0 Å². The first-order valence-electron chi connectivity index (χ1n) is 4.88. The van der Waals surface area contributed by atoms with Crippen LogP contribution in [0.2, 0.25) is 0 Å². The van der Waals surface area contributed by atoms with Crippen molar-refractivity contribution in [2.45, 2.75) is 32.2 Å². The number of nitrogens with one attached hydrogen (secondary N) is 1. The van der Waals surface area contributed by atoms with Gasteiger partial charge in [0.2, 0.25) is 0 Å². The highest BCUT2D eigenvalue weighted by atomic mass is 14.9. The van der Waals surface area contributed by atoms with Crippen LogP contribution in [0, 0.1) is 6.92 Å². The van der Waals surface area contributed by atoms with E-state index in [4.69, 9.17) is 5.73 Å². The van der Waals surface area contributed by atoms with Gasteiger partial charge in [0.1, 0.15) is 0 Å². The van der Waals surface area contributed by atoms with Gasteiger partial charge in [0, 0.05) is 6.04 Å². The maximum atomic E-state index is 5.89. The summed E-state index contributed by atoms with van der Waals surface area (Å²) in [4.78, 5) is 0. The Hall–Kier alpha value is -1.18. The van der Waals surface area contributed by atoms with Crippen molar-refractivity contribution >= 4 is 11.4 Å². The molecule has 0 radical (unpaired) electrons. The van der Waals surface area contributed by atoms with Gasteiger partial charge in [-0.2, -0.15) is 0 Å². The molecule has 0 aromatic heterocycles. The van der Waals surface area contributed by atoms with E-state index in [2.05, 4.69) is 24.4 Å². The smallest absolute Gasteiger partial charge is 0.0576 e. The average Bonchev–Trinajstić information content (AvgIpc) is 1.99. The van der Waals surface area contributed by atoms with Gasteiger partial charge in [0.15, 0.2) is 0 Å². The minimum Gasteiger partial charge on any atom is -0.397 e. The first-order valence-corrected chi connectivity index (χ1v) is 4.88. The Balaban J connectivity index is 2.10. The van der Waals surface area contributed by atoms with Crippen LogP contribution in [0.3, 0.4) is 0 Å². The second kappa shape index (κ2) is 3.29. The zero-order valence-electron chi connectivity index (χ0n) is 8.01. The normalized spacial score (nSPS) is 16.7. The van der Waals surface area contributed by atoms with E-state index >= 15 is 0 Å². The lowest BCUT2D eigenvalue weighted by Crippen LogP contribution is -2.27. The summed E-state index contributed by atoms with van der Waals surface area (Å²) in [6.45, 7) is 2.06. The van der Waals surface area contributed by atoms with Crippen molar-refractivity contribution in [1.29, 1.82) is 0 Å². The van der Waals surface area contributed by atoms with Crippen LogP contribution in [-0.2, 0) is 0 Å². The van der Waals surface area contributed by atoms with Gasteiger partial charge in [-0.25, -0.2) is 0 Å². The molecule has 2 nitrogen and oxygen atoms in total. The largest absolute Gasteiger partial charge is 0.397 e. The summed E-state index contributed by atoms with van der Waals surface area (Å²) in [6.07, 6.45) is 3.92. The summed E-state index contributed by atoms with van der Waals surface area (Å²) in [5.74, 6) is 0. The molecule has 1 aromatic carbocycles. The standard InChI is InChI=1S/C11H16N2/c1-8-5-6-11(10(12)7-8)13-9-3-2-4-9/h5-7,9,13H,2-4,12H2,1H3. The molecule has 0 bridgehead atoms. The lowest BCUT2D eigenvalue weighted by molar-refractivity contribution is 0.446. The summed E-state index contributed by atoms with van der Waals surface area (Å²) in [7, 11) is 0. The number of nitrogen functional groups attached to an aromatic ring is 1. The molecule has 2 heteroatoms. The van der Waals surface area contributed by atoms with E-state index in [-0.39, 0.29) is 0 Å². The van der Waals surface area contributed by atoms with Gasteiger partial charge in [-0.1, -0.05) is 6.07 Å². The van der Waals surface area contributed by atoms with E-state index in [1.807, 2.05) is 6.07 Å². The lowest BCUT2D eigenvalue weighted by atomic mass is 9.93. The molecule has 0 unspecified atom stereocenters. The van der Waals surface area contributed by atoms with Gasteiger partial charge < -0.3 is 11.1 Å². The first kappa shape index (κ1) is 8.42. The van der Waals surface area contributed by atoms with E-state index < -0.39 is 0 Å². The quantitative estimate of drug-likeness (QED) is 0.679. The monoisotopic (exact) mass is 176 g/mol. The Labute approximate surface area is 79.1 Å². The Kier molecular flexibility index (Phi) is 2.13. The second-order valence-electron chi connectivity index (χ2n) is 3.86. The summed E-state index contributed by atoms with van der Waals surface area (Å²) in [5, 5.41) is 3.45. The molecule has 0 atom stereocenters. The molecule has 13 heavy (non-hydrogen) atoms. The van der Waals surface area contributed by atoms with Gasteiger partial charge in [-0.3, -0.25) is 0 Å². The molecule has 1 aliphatic rings. The van der Waals surface area contributed by atoms with E-state index in [1.165, 1.54) is 24.8 Å². The highest BCUT2D eigenvalue weighted by molar-refractivity contribution is 5.67. The molecule has 0 spiro atoms. The molecule has 0 amide bonds. The molecular weight excluding hydrogens is 160 g/mol. The van der Waals surface area contributed by atoms with Crippen molar-refractivity contribution in [3.05, 3.63) is 23.8 Å². The summed E-state index contributed by atoms with van der Waals surface area (Å²) >= 11 is 0. The number of aryl methyl sites for hydroxylation is 1. The minimum absolute atomic E-state index is 0.657. The predicted octanol–water partition coefficient (Wildman–Crippen LogP) is 2.54. The minimum atomic E-state index is 0.657. The van der Waals surface area contributed by atoms with Crippen LogP contribution in [0.5, 0.6) is 0 Å². The molecule has 1 aromatic rings. The van der Waals surface area contributed by atoms with E-state index in [1.54, 1.807) is 0 Å². The van der Waals surface area contributed by atoms with Crippen LogP contribution in [0.1, 0.15) is 24.8 Å². The summed E-state index contributed by atoms with van der Waals surface area (Å²) in [6, 6.07) is 6.84. The topological polar surface area (TPSA) is 38.0 Å². The van der Waals surface area contributed by atoms with E-state index in [0.717, 1.165) is 11.4 Å². The Morgan fingerprint density at radius 2 is 2.15 bits per heavy atom. The fourth-order valence-corrected chi connectivity index (χ4v) is 1.59. The fourth-order valence-electron chi connectivity index (χ4n) is 1.59. The van der Waals surface area contributed by atoms with Crippen molar-refractivity contribution in [1.82, 2.24) is 0 Å². The highest BCUT2D eigenvalue weighted by Gasteiger charge is 2.17. The molecule has 1 saturated carbocycles. The Bertz CT molecular complexity index is 303. The van der Waals surface area contributed by atoms with Crippen molar-refractivity contribution in [3.8, 4) is 0 Å². The Morgan fingerprint density at radius 3 is 2.69 bits per heavy atom. The molecular formula is C11H16N2. The lowest BCUT2D eigenvalue weighted by Gasteiger charge is -2.28. The molecule has 2 rings (SSSR count). The maximum Gasteiger partial charge on any atom is 0.0576 e. The maximum absolute atomic E-state index is 5.89. The number of benzene rings is 1. The SMILES string of the molecule is Cc1ccc(NC2CCC2)c(N)c1. The third kappa shape index (κ3) is 1.77. The third-order valence-corrected chi connectivity index (χ3v) is 2.67. The van der Waals surface area contributed by atoms with Gasteiger partial charge in [-0.05, 0) is 43.9 Å². The van der Waals surface area contributed by atoms with Crippen LogP contribution in [0.4, 0.5) is 11.4 Å². The van der Waals surface area contributed by atoms with Crippen molar-refractivity contribution in [3.63, 3.8) is 0 Å². The summed E-state index contributed by atoms with van der Waals surface area (Å²) < 4.78 is 0. The molecule has 1 aliphatic carbocycles. The van der Waals surface area contributed by atoms with Gasteiger partial charge in [-0.15, -0.1) is 0 Å². The number of anilines is 2. The van der Waals surface area contributed by atoms with Crippen LogP contribution >= 0.6 is 0 Å². The van der Waals surface area contributed by atoms with Crippen molar-refractivity contribution in [2.24, 2.45) is 0 Å². The van der Waals surface area contributed by atoms with Crippen LogP contribution in [0.25, 0.3) is 0 Å². The van der Waals surface area contributed by atoms with Crippen LogP contribution in [0.15, 0.2) is 18.2 Å². The number of rotatable bonds is 2. The van der Waals surface area contributed by atoms with Crippen LogP contribution < -0.4 is 11.1 Å². The molecule has 70 valence electrons. The van der Waals surface area contributed by atoms with Crippen molar-refractivity contribution in [2.75, 3.05) is 11.1 Å². The van der Waals surface area contributed by atoms with Gasteiger partial charge in [0.25, 0.3) is 0 Å². The average molecular weight is 176 g/mol. The molecule has 0 aliphatic heterocycles. The first-order chi connectivity index (χ1) is 6.25. The zero-order chi connectivity index (χ0) is 9.26. The Morgan fingerprint density at radius 1 is 1.38 bits per heavy atom. The number of hydrogen-bond donors (Lipinski definition) is 2.